The highest BCUT2D eigenvalue weighted by atomic mass is 32.2. The van der Waals surface area contributed by atoms with Crippen LogP contribution in [0, 0.1) is 0 Å². The summed E-state index contributed by atoms with van der Waals surface area (Å²) in [4.78, 5) is 0. The molecule has 1 aliphatic rings. The highest BCUT2D eigenvalue weighted by molar-refractivity contribution is 8.06. The fourth-order valence-corrected chi connectivity index (χ4v) is 4.34. The van der Waals surface area contributed by atoms with Crippen LogP contribution in [0.15, 0.2) is 4.42 Å². The molecule has 1 aromatic rings. The summed E-state index contributed by atoms with van der Waals surface area (Å²) in [5.74, 6) is 4.35. The molecule has 0 radical (unpaired) electrons. The Labute approximate surface area is 116 Å². The lowest BCUT2D eigenvalue weighted by Crippen LogP contribution is -2.23. The fraction of sp³-hybridized carbons (Fsp3) is 0.818. The molecule has 2 unspecified atom stereocenters. The van der Waals surface area contributed by atoms with Crippen molar-refractivity contribution in [1.82, 2.24) is 15.5 Å². The first-order valence-corrected chi connectivity index (χ1v) is 8.50. The van der Waals surface area contributed by atoms with Gasteiger partial charge >= 0.3 is 6.01 Å². The number of anilines is 1. The van der Waals surface area contributed by atoms with Crippen molar-refractivity contribution in [3.05, 3.63) is 5.89 Å². The van der Waals surface area contributed by atoms with Crippen molar-refractivity contribution in [1.29, 1.82) is 0 Å². The number of thioether (sulfide) groups is 2. The largest absolute Gasteiger partial charge is 0.406 e. The lowest BCUT2D eigenvalue weighted by molar-refractivity contribution is 0.429. The van der Waals surface area contributed by atoms with Gasteiger partial charge in [-0.3, -0.25) is 0 Å². The number of nitrogens with zero attached hydrogens (tertiary/aromatic N) is 2. The second-order valence-electron chi connectivity index (χ2n) is 4.17. The van der Waals surface area contributed by atoms with Gasteiger partial charge in [-0.2, -0.15) is 23.5 Å². The molecular formula is C11H20N4OS2. The van der Waals surface area contributed by atoms with Crippen LogP contribution in [0.4, 0.5) is 6.01 Å². The molecule has 18 heavy (non-hydrogen) atoms. The molecule has 2 heterocycles. The van der Waals surface area contributed by atoms with Crippen LogP contribution in [0.3, 0.4) is 0 Å². The van der Waals surface area contributed by atoms with E-state index >= 15 is 0 Å². The van der Waals surface area contributed by atoms with Gasteiger partial charge in [0.15, 0.2) is 0 Å². The summed E-state index contributed by atoms with van der Waals surface area (Å²) in [6, 6.07) is 0.642. The third-order valence-corrected chi connectivity index (χ3v) is 5.53. The Balaban J connectivity index is 1.79. The van der Waals surface area contributed by atoms with E-state index in [1.54, 1.807) is 0 Å². The summed E-state index contributed by atoms with van der Waals surface area (Å²) < 4.78 is 5.58. The summed E-state index contributed by atoms with van der Waals surface area (Å²) in [6.45, 7) is 5.87. The highest BCUT2D eigenvalue weighted by Gasteiger charge is 2.16. The monoisotopic (exact) mass is 288 g/mol. The molecular weight excluding hydrogens is 268 g/mol. The van der Waals surface area contributed by atoms with Crippen molar-refractivity contribution < 1.29 is 4.42 Å². The average Bonchev–Trinajstić information content (AvgIpc) is 2.87. The van der Waals surface area contributed by atoms with Crippen LogP contribution in [0.2, 0.25) is 0 Å². The van der Waals surface area contributed by atoms with Gasteiger partial charge in [0.25, 0.3) is 0 Å². The lowest BCUT2D eigenvalue weighted by atomic mass is 10.3. The summed E-state index contributed by atoms with van der Waals surface area (Å²) in [5.41, 5.74) is 0. The van der Waals surface area contributed by atoms with Crippen molar-refractivity contribution in [3.8, 4) is 0 Å². The van der Waals surface area contributed by atoms with Gasteiger partial charge in [0, 0.05) is 29.1 Å². The minimum Gasteiger partial charge on any atom is -0.406 e. The summed E-state index contributed by atoms with van der Waals surface area (Å²) in [7, 11) is 0. The van der Waals surface area contributed by atoms with Crippen LogP contribution in [0.5, 0.6) is 0 Å². The normalized spacial score (nSPS) is 21.8. The van der Waals surface area contributed by atoms with E-state index in [-0.39, 0.29) is 6.04 Å². The van der Waals surface area contributed by atoms with Gasteiger partial charge in [0.05, 0.1) is 6.04 Å². The molecule has 2 rings (SSSR count). The lowest BCUT2D eigenvalue weighted by Gasteiger charge is -2.20. The minimum atomic E-state index is 0.109. The molecule has 2 atom stereocenters. The maximum Gasteiger partial charge on any atom is 0.315 e. The number of nitrogens with one attached hydrogen (secondary N) is 2. The van der Waals surface area contributed by atoms with Crippen molar-refractivity contribution in [2.75, 3.05) is 35.7 Å². The number of aromatic nitrogens is 2. The second-order valence-corrected chi connectivity index (χ2v) is 6.73. The van der Waals surface area contributed by atoms with Crippen molar-refractivity contribution in [2.24, 2.45) is 0 Å². The zero-order chi connectivity index (χ0) is 12.8. The quantitative estimate of drug-likeness (QED) is 0.830. The van der Waals surface area contributed by atoms with Gasteiger partial charge in [-0.05, 0) is 13.5 Å². The first-order chi connectivity index (χ1) is 8.79. The predicted octanol–water partition coefficient (Wildman–Crippen LogP) is 2.00. The zero-order valence-electron chi connectivity index (χ0n) is 10.8. The van der Waals surface area contributed by atoms with E-state index in [4.69, 9.17) is 4.42 Å². The third kappa shape index (κ3) is 4.07. The van der Waals surface area contributed by atoms with Gasteiger partial charge in [0.1, 0.15) is 0 Å². The van der Waals surface area contributed by atoms with E-state index < -0.39 is 0 Å². The van der Waals surface area contributed by atoms with Crippen LogP contribution in [0.1, 0.15) is 25.8 Å². The van der Waals surface area contributed by atoms with E-state index in [1.807, 2.05) is 30.4 Å². The highest BCUT2D eigenvalue weighted by Crippen LogP contribution is 2.24. The number of rotatable bonds is 6. The molecule has 1 saturated heterocycles. The van der Waals surface area contributed by atoms with E-state index in [1.165, 1.54) is 17.3 Å². The maximum atomic E-state index is 5.58. The topological polar surface area (TPSA) is 63.0 Å². The maximum absolute atomic E-state index is 5.58. The number of hydrogen-bond donors (Lipinski definition) is 2. The first kappa shape index (κ1) is 14.0. The molecule has 102 valence electrons. The molecule has 0 saturated carbocycles. The molecule has 5 nitrogen and oxygen atoms in total. The van der Waals surface area contributed by atoms with Gasteiger partial charge < -0.3 is 15.1 Å². The van der Waals surface area contributed by atoms with Crippen LogP contribution in [-0.4, -0.2) is 45.8 Å². The van der Waals surface area contributed by atoms with Gasteiger partial charge in [-0.15, -0.1) is 5.10 Å². The van der Waals surface area contributed by atoms with Crippen LogP contribution >= 0.6 is 23.5 Å². The summed E-state index contributed by atoms with van der Waals surface area (Å²) >= 11 is 4.04. The molecule has 0 aliphatic carbocycles. The Morgan fingerprint density at radius 2 is 2.33 bits per heavy atom. The molecule has 1 fully saturated rings. The third-order valence-electron chi connectivity index (χ3n) is 2.69. The Morgan fingerprint density at radius 3 is 3.06 bits per heavy atom. The van der Waals surface area contributed by atoms with Gasteiger partial charge in [-0.25, -0.2) is 0 Å². The van der Waals surface area contributed by atoms with E-state index in [0.717, 1.165) is 13.1 Å². The zero-order valence-corrected chi connectivity index (χ0v) is 12.4. The van der Waals surface area contributed by atoms with E-state index in [0.29, 0.717) is 17.2 Å². The molecule has 0 amide bonds. The van der Waals surface area contributed by atoms with Gasteiger partial charge in [0.2, 0.25) is 5.89 Å². The van der Waals surface area contributed by atoms with Gasteiger partial charge in [-0.1, -0.05) is 12.0 Å². The molecule has 0 spiro atoms. The molecule has 1 aromatic heterocycles. The summed E-state index contributed by atoms with van der Waals surface area (Å²) in [5, 5.41) is 15.2. The van der Waals surface area contributed by atoms with Crippen LogP contribution < -0.4 is 10.6 Å². The molecule has 1 aliphatic heterocycles. The molecule has 0 aromatic carbocycles. The Hall–Kier alpha value is -0.400. The Morgan fingerprint density at radius 1 is 1.44 bits per heavy atom. The van der Waals surface area contributed by atoms with Crippen molar-refractivity contribution in [3.63, 3.8) is 0 Å². The molecule has 0 bridgehead atoms. The average molecular weight is 288 g/mol. The fourth-order valence-electron chi connectivity index (χ4n) is 1.73. The molecule has 7 heteroatoms. The standard InChI is InChI=1S/C11H20N4OS2/c1-3-12-8(2)10-14-15-11(16-10)13-6-9-7-17-4-5-18-9/h8-9,12H,3-7H2,1-2H3,(H,13,15). The second kappa shape index (κ2) is 7.25. The first-order valence-electron chi connectivity index (χ1n) is 6.29. The SMILES string of the molecule is CCNC(C)c1nnc(NCC2CSCCS2)o1. The Bertz CT molecular complexity index is 355. The minimum absolute atomic E-state index is 0.109. The van der Waals surface area contributed by atoms with Crippen molar-refractivity contribution >= 4 is 29.5 Å². The molecule has 2 N–H and O–H groups in total. The smallest absolute Gasteiger partial charge is 0.315 e. The van der Waals surface area contributed by atoms with E-state index in [2.05, 4.69) is 27.8 Å². The van der Waals surface area contributed by atoms with Crippen LogP contribution in [-0.2, 0) is 0 Å². The van der Waals surface area contributed by atoms with E-state index in [9.17, 15) is 0 Å². The Kier molecular flexibility index (Phi) is 5.65. The summed E-state index contributed by atoms with van der Waals surface area (Å²) in [6.07, 6.45) is 0. The predicted molar refractivity (Wildman–Crippen MR) is 78.5 cm³/mol. The van der Waals surface area contributed by atoms with Crippen LogP contribution in [0.25, 0.3) is 0 Å². The van der Waals surface area contributed by atoms with Crippen molar-refractivity contribution in [2.45, 2.75) is 25.1 Å². The number of hydrogen-bond acceptors (Lipinski definition) is 7.